The van der Waals surface area contributed by atoms with Crippen LogP contribution in [0, 0.1) is 13.8 Å². The second-order valence-corrected chi connectivity index (χ2v) is 9.02. The van der Waals surface area contributed by atoms with Gasteiger partial charge in [0.15, 0.2) is 5.54 Å². The van der Waals surface area contributed by atoms with E-state index in [0.29, 0.717) is 16.1 Å². The molecule has 1 fully saturated rings. The average molecular weight is 476 g/mol. The highest BCUT2D eigenvalue weighted by Crippen LogP contribution is 2.36. The van der Waals surface area contributed by atoms with E-state index in [1.165, 1.54) is 0 Å². The Morgan fingerprint density at radius 2 is 1.71 bits per heavy atom. The number of urea groups is 1. The van der Waals surface area contributed by atoms with Gasteiger partial charge in [0.25, 0.3) is 5.91 Å². The molecule has 0 bridgehead atoms. The first kappa shape index (κ1) is 23.5. The van der Waals surface area contributed by atoms with Gasteiger partial charge in [-0.25, -0.2) is 4.79 Å². The molecule has 1 aliphatic heterocycles. The summed E-state index contributed by atoms with van der Waals surface area (Å²) >= 11 is 6.05. The summed E-state index contributed by atoms with van der Waals surface area (Å²) in [7, 11) is 0. The number of carbonyl (C=O) groups is 3. The van der Waals surface area contributed by atoms with Crippen LogP contribution in [0.2, 0.25) is 5.02 Å². The first-order chi connectivity index (χ1) is 16.2. The molecule has 7 heteroatoms. The van der Waals surface area contributed by atoms with E-state index in [0.717, 1.165) is 21.6 Å². The Kier molecular flexibility index (Phi) is 6.44. The Labute approximate surface area is 203 Å². The van der Waals surface area contributed by atoms with Crippen molar-refractivity contribution in [2.45, 2.75) is 32.4 Å². The third kappa shape index (κ3) is 4.29. The molecule has 0 aromatic heterocycles. The van der Waals surface area contributed by atoms with Crippen molar-refractivity contribution < 1.29 is 14.4 Å². The molecule has 4 amide bonds. The van der Waals surface area contributed by atoms with Crippen molar-refractivity contribution in [3.63, 3.8) is 0 Å². The molecule has 1 saturated heterocycles. The van der Waals surface area contributed by atoms with Crippen molar-refractivity contribution in [2.75, 3.05) is 6.54 Å². The van der Waals surface area contributed by atoms with Gasteiger partial charge in [0.2, 0.25) is 5.91 Å². The lowest BCUT2D eigenvalue weighted by Crippen LogP contribution is -2.46. The molecule has 0 radical (unpaired) electrons. The van der Waals surface area contributed by atoms with Gasteiger partial charge in [-0.3, -0.25) is 14.5 Å². The maximum Gasteiger partial charge on any atom is 0.326 e. The predicted molar refractivity (Wildman–Crippen MR) is 131 cm³/mol. The molecule has 2 atom stereocenters. The largest absolute Gasteiger partial charge is 0.348 e. The van der Waals surface area contributed by atoms with Gasteiger partial charge in [-0.2, -0.15) is 0 Å². The van der Waals surface area contributed by atoms with Crippen LogP contribution in [0.25, 0.3) is 0 Å². The van der Waals surface area contributed by atoms with Crippen LogP contribution >= 0.6 is 11.6 Å². The topological polar surface area (TPSA) is 78.5 Å². The van der Waals surface area contributed by atoms with Crippen molar-refractivity contribution in [1.29, 1.82) is 0 Å². The fourth-order valence-corrected chi connectivity index (χ4v) is 4.43. The molecular formula is C27H26ClN3O3. The average Bonchev–Trinajstić information content (AvgIpc) is 3.07. The Bertz CT molecular complexity index is 1260. The number of imide groups is 1. The number of nitrogens with zero attached hydrogens (tertiary/aromatic N) is 1. The van der Waals surface area contributed by atoms with Gasteiger partial charge in [0, 0.05) is 5.02 Å². The van der Waals surface area contributed by atoms with E-state index in [2.05, 4.69) is 10.6 Å². The van der Waals surface area contributed by atoms with E-state index in [1.807, 2.05) is 63.2 Å². The highest BCUT2D eigenvalue weighted by Gasteiger charge is 2.54. The number of benzene rings is 3. The van der Waals surface area contributed by atoms with Crippen molar-refractivity contribution in [3.05, 3.63) is 106 Å². The van der Waals surface area contributed by atoms with Gasteiger partial charge in [-0.15, -0.1) is 0 Å². The van der Waals surface area contributed by atoms with Crippen LogP contribution in [0.5, 0.6) is 0 Å². The summed E-state index contributed by atoms with van der Waals surface area (Å²) in [5.41, 5.74) is 2.78. The molecule has 1 heterocycles. The number of nitrogens with one attached hydrogen (secondary N) is 2. The van der Waals surface area contributed by atoms with Crippen LogP contribution in [0.1, 0.15) is 40.8 Å². The zero-order chi connectivity index (χ0) is 24.5. The zero-order valence-electron chi connectivity index (χ0n) is 19.3. The van der Waals surface area contributed by atoms with Gasteiger partial charge >= 0.3 is 6.03 Å². The monoisotopic (exact) mass is 475 g/mol. The number of halogens is 1. The van der Waals surface area contributed by atoms with E-state index < -0.39 is 29.9 Å². The molecule has 3 aromatic rings. The molecule has 2 N–H and O–H groups in total. The van der Waals surface area contributed by atoms with Crippen molar-refractivity contribution in [2.24, 2.45) is 0 Å². The van der Waals surface area contributed by atoms with E-state index in [9.17, 15) is 14.4 Å². The molecule has 6 nitrogen and oxygen atoms in total. The van der Waals surface area contributed by atoms with Gasteiger partial charge in [0.05, 0.1) is 6.04 Å². The highest BCUT2D eigenvalue weighted by molar-refractivity contribution is 6.30. The Hall–Kier alpha value is -3.64. The number of amides is 4. The lowest BCUT2D eigenvalue weighted by atomic mass is 9.81. The lowest BCUT2D eigenvalue weighted by molar-refractivity contribution is -0.134. The number of carbonyl (C=O) groups excluding carboxylic acids is 3. The fourth-order valence-electron chi connectivity index (χ4n) is 4.23. The molecule has 0 aliphatic carbocycles. The lowest BCUT2D eigenvalue weighted by Gasteiger charge is -2.28. The summed E-state index contributed by atoms with van der Waals surface area (Å²) in [6.45, 7) is 5.37. The summed E-state index contributed by atoms with van der Waals surface area (Å²) in [4.78, 5) is 40.6. The SMILES string of the molecule is Cc1ccc([C@]2(c3ccccc3)NC(=O)N(CC(=O)N[C@@H](C)c3cccc(Cl)c3)C2=O)cc1C. The van der Waals surface area contributed by atoms with E-state index >= 15 is 0 Å². The minimum absolute atomic E-state index is 0.342. The maximum absolute atomic E-state index is 13.8. The van der Waals surface area contributed by atoms with E-state index in [-0.39, 0.29) is 6.04 Å². The minimum Gasteiger partial charge on any atom is -0.348 e. The van der Waals surface area contributed by atoms with Crippen LogP contribution in [0.3, 0.4) is 0 Å². The molecule has 0 unspecified atom stereocenters. The number of aryl methyl sites for hydroxylation is 2. The summed E-state index contributed by atoms with van der Waals surface area (Å²) < 4.78 is 0. The third-order valence-corrected chi connectivity index (χ3v) is 6.52. The minimum atomic E-state index is -1.41. The van der Waals surface area contributed by atoms with Crippen molar-refractivity contribution in [1.82, 2.24) is 15.5 Å². The summed E-state index contributed by atoms with van der Waals surface area (Å²) in [5.74, 6) is -0.933. The first-order valence-electron chi connectivity index (χ1n) is 11.0. The van der Waals surface area contributed by atoms with E-state index in [4.69, 9.17) is 11.6 Å². The van der Waals surface area contributed by atoms with Crippen LogP contribution in [0.15, 0.2) is 72.8 Å². The standard InChI is InChI=1S/C27H26ClN3O3/c1-17-12-13-22(14-18(17)2)27(21-9-5-4-6-10-21)25(33)31(26(34)30-27)16-24(32)29-19(3)20-8-7-11-23(28)15-20/h4-15,19H,16H2,1-3H3,(H,29,32)(H,30,34)/t19-,27-/m0/s1. The van der Waals surface area contributed by atoms with Crippen LogP contribution in [-0.2, 0) is 15.1 Å². The predicted octanol–water partition coefficient (Wildman–Crippen LogP) is 4.63. The second kappa shape index (κ2) is 9.31. The number of hydrogen-bond acceptors (Lipinski definition) is 3. The van der Waals surface area contributed by atoms with Crippen LogP contribution in [0.4, 0.5) is 4.79 Å². The molecule has 34 heavy (non-hydrogen) atoms. The quantitative estimate of drug-likeness (QED) is 0.510. The molecule has 1 aliphatic rings. The Balaban J connectivity index is 1.63. The normalized spacial score (nSPS) is 18.5. The van der Waals surface area contributed by atoms with Gasteiger partial charge in [-0.1, -0.05) is 72.3 Å². The molecular weight excluding hydrogens is 450 g/mol. The summed E-state index contributed by atoms with van der Waals surface area (Å²) in [5, 5.41) is 6.29. The molecule has 174 valence electrons. The van der Waals surface area contributed by atoms with Crippen LogP contribution in [-0.4, -0.2) is 29.3 Å². The van der Waals surface area contributed by atoms with Gasteiger partial charge in [0.1, 0.15) is 6.54 Å². The van der Waals surface area contributed by atoms with Gasteiger partial charge < -0.3 is 10.6 Å². The number of hydrogen-bond donors (Lipinski definition) is 2. The second-order valence-electron chi connectivity index (χ2n) is 8.58. The molecule has 0 saturated carbocycles. The molecule has 0 spiro atoms. The fraction of sp³-hybridized carbons (Fsp3) is 0.222. The number of rotatable bonds is 6. The Morgan fingerprint density at radius 1 is 0.971 bits per heavy atom. The zero-order valence-corrected chi connectivity index (χ0v) is 20.0. The third-order valence-electron chi connectivity index (χ3n) is 6.28. The smallest absolute Gasteiger partial charge is 0.326 e. The van der Waals surface area contributed by atoms with Crippen molar-refractivity contribution >= 4 is 29.4 Å². The van der Waals surface area contributed by atoms with Crippen molar-refractivity contribution in [3.8, 4) is 0 Å². The highest BCUT2D eigenvalue weighted by atomic mass is 35.5. The maximum atomic E-state index is 13.8. The van der Waals surface area contributed by atoms with E-state index in [1.54, 1.807) is 30.3 Å². The molecule has 3 aromatic carbocycles. The summed E-state index contributed by atoms with van der Waals surface area (Å²) in [6.07, 6.45) is 0. The Morgan fingerprint density at radius 3 is 2.38 bits per heavy atom. The van der Waals surface area contributed by atoms with Gasteiger partial charge in [-0.05, 0) is 60.7 Å². The molecule has 4 rings (SSSR count). The van der Waals surface area contributed by atoms with Crippen LogP contribution < -0.4 is 10.6 Å². The first-order valence-corrected chi connectivity index (χ1v) is 11.4. The summed E-state index contributed by atoms with van der Waals surface area (Å²) in [6, 6.07) is 21.0.